The van der Waals surface area contributed by atoms with Gasteiger partial charge in [-0.25, -0.2) is 0 Å². The zero-order chi connectivity index (χ0) is 13.8. The number of benzene rings is 1. The number of aryl methyl sites for hydroxylation is 1. The molecule has 2 heteroatoms. The van der Waals surface area contributed by atoms with Crippen LogP contribution in [0.1, 0.15) is 48.1 Å². The van der Waals surface area contributed by atoms with Gasteiger partial charge in [-0.05, 0) is 48.2 Å². The molecule has 0 fully saturated rings. The van der Waals surface area contributed by atoms with Gasteiger partial charge in [0.2, 0.25) is 0 Å². The third-order valence-corrected chi connectivity index (χ3v) is 3.62. The van der Waals surface area contributed by atoms with Crippen LogP contribution in [-0.2, 0) is 0 Å². The lowest BCUT2D eigenvalue weighted by Crippen LogP contribution is -2.18. The molecular weight excluding hydrogens is 232 g/mol. The Kier molecular flexibility index (Phi) is 4.33. The molecule has 1 unspecified atom stereocenters. The number of rotatable bonds is 4. The molecular formula is C17H22N2. The first kappa shape index (κ1) is 13.8. The highest BCUT2D eigenvalue weighted by molar-refractivity contribution is 5.36. The van der Waals surface area contributed by atoms with E-state index in [-0.39, 0.29) is 6.04 Å². The fourth-order valence-corrected chi connectivity index (χ4v) is 2.35. The Morgan fingerprint density at radius 1 is 1.00 bits per heavy atom. The van der Waals surface area contributed by atoms with Gasteiger partial charge >= 0.3 is 0 Å². The molecule has 0 aliphatic heterocycles. The highest BCUT2D eigenvalue weighted by atomic mass is 14.9. The smallest absolute Gasteiger partial charge is 0.0592 e. The van der Waals surface area contributed by atoms with Crippen molar-refractivity contribution in [3.63, 3.8) is 0 Å². The molecule has 2 aromatic rings. The molecule has 1 heterocycles. The Morgan fingerprint density at radius 3 is 2.16 bits per heavy atom. The van der Waals surface area contributed by atoms with Crippen molar-refractivity contribution in [2.24, 2.45) is 0 Å². The molecule has 0 saturated heterocycles. The highest BCUT2D eigenvalue weighted by Crippen LogP contribution is 2.25. The van der Waals surface area contributed by atoms with Gasteiger partial charge in [-0.1, -0.05) is 38.1 Å². The van der Waals surface area contributed by atoms with Crippen molar-refractivity contribution >= 4 is 0 Å². The fourth-order valence-electron chi connectivity index (χ4n) is 2.35. The van der Waals surface area contributed by atoms with E-state index in [1.807, 2.05) is 19.4 Å². The Hall–Kier alpha value is -1.67. The van der Waals surface area contributed by atoms with Crippen molar-refractivity contribution in [3.05, 3.63) is 65.0 Å². The summed E-state index contributed by atoms with van der Waals surface area (Å²) in [6.45, 7) is 6.56. The maximum Gasteiger partial charge on any atom is 0.0592 e. The minimum Gasteiger partial charge on any atom is -0.309 e. The second-order valence-electron chi connectivity index (χ2n) is 5.28. The Morgan fingerprint density at radius 2 is 1.63 bits per heavy atom. The molecule has 2 nitrogen and oxygen atoms in total. The summed E-state index contributed by atoms with van der Waals surface area (Å²) in [5, 5.41) is 3.38. The van der Waals surface area contributed by atoms with Crippen LogP contribution in [0.4, 0.5) is 0 Å². The monoisotopic (exact) mass is 254 g/mol. The van der Waals surface area contributed by atoms with Gasteiger partial charge in [0, 0.05) is 12.4 Å². The predicted molar refractivity (Wildman–Crippen MR) is 80.4 cm³/mol. The van der Waals surface area contributed by atoms with Crippen LogP contribution >= 0.6 is 0 Å². The highest BCUT2D eigenvalue weighted by Gasteiger charge is 2.14. The first-order valence-electron chi connectivity index (χ1n) is 6.81. The van der Waals surface area contributed by atoms with Crippen molar-refractivity contribution in [3.8, 4) is 0 Å². The third kappa shape index (κ3) is 3.02. The Bertz CT molecular complexity index is 529. The number of aromatic nitrogens is 1. The van der Waals surface area contributed by atoms with Crippen molar-refractivity contribution in [1.82, 2.24) is 10.3 Å². The minimum atomic E-state index is 0.204. The van der Waals surface area contributed by atoms with Crippen LogP contribution in [-0.4, -0.2) is 12.0 Å². The molecule has 100 valence electrons. The summed E-state index contributed by atoms with van der Waals surface area (Å²) in [5.41, 5.74) is 5.16. The number of hydrogen-bond acceptors (Lipinski definition) is 2. The average Bonchev–Trinajstić information content (AvgIpc) is 2.42. The number of nitrogens with one attached hydrogen (secondary N) is 1. The topological polar surface area (TPSA) is 24.9 Å². The van der Waals surface area contributed by atoms with Gasteiger partial charge in [-0.3, -0.25) is 4.98 Å². The maximum atomic E-state index is 4.25. The molecule has 2 rings (SSSR count). The summed E-state index contributed by atoms with van der Waals surface area (Å²) in [6.07, 6.45) is 3.79. The van der Waals surface area contributed by atoms with Crippen molar-refractivity contribution in [2.45, 2.75) is 32.7 Å². The lowest BCUT2D eigenvalue weighted by Gasteiger charge is -2.19. The molecule has 1 N–H and O–H groups in total. The Labute approximate surface area is 115 Å². The van der Waals surface area contributed by atoms with E-state index in [0.717, 1.165) is 0 Å². The SMILES string of the molecule is CNC(c1ccc(C(C)C)cc1)c1cnccc1C. The van der Waals surface area contributed by atoms with E-state index in [4.69, 9.17) is 0 Å². The van der Waals surface area contributed by atoms with Crippen molar-refractivity contribution < 1.29 is 0 Å². The third-order valence-electron chi connectivity index (χ3n) is 3.62. The summed E-state index contributed by atoms with van der Waals surface area (Å²) in [6, 6.07) is 11.1. The van der Waals surface area contributed by atoms with Gasteiger partial charge in [0.25, 0.3) is 0 Å². The molecule has 0 bridgehead atoms. The van der Waals surface area contributed by atoms with Crippen LogP contribution in [0.25, 0.3) is 0 Å². The quantitative estimate of drug-likeness (QED) is 0.897. The molecule has 1 atom stereocenters. The van der Waals surface area contributed by atoms with E-state index < -0.39 is 0 Å². The second kappa shape index (κ2) is 5.98. The summed E-state index contributed by atoms with van der Waals surface area (Å²) in [5.74, 6) is 0.571. The molecule has 1 aromatic carbocycles. The zero-order valence-corrected chi connectivity index (χ0v) is 12.1. The second-order valence-corrected chi connectivity index (χ2v) is 5.28. The predicted octanol–water partition coefficient (Wildman–Crippen LogP) is 3.82. The van der Waals surface area contributed by atoms with Crippen LogP contribution < -0.4 is 5.32 Å². The van der Waals surface area contributed by atoms with Crippen LogP contribution in [0.3, 0.4) is 0 Å². The first-order chi connectivity index (χ1) is 9.13. The van der Waals surface area contributed by atoms with Gasteiger partial charge < -0.3 is 5.32 Å². The molecule has 0 radical (unpaired) electrons. The molecule has 0 aliphatic carbocycles. The van der Waals surface area contributed by atoms with Crippen LogP contribution in [0.5, 0.6) is 0 Å². The van der Waals surface area contributed by atoms with Gasteiger partial charge in [0.15, 0.2) is 0 Å². The maximum absolute atomic E-state index is 4.25. The summed E-state index contributed by atoms with van der Waals surface area (Å²) < 4.78 is 0. The largest absolute Gasteiger partial charge is 0.309 e. The van der Waals surface area contributed by atoms with E-state index in [1.54, 1.807) is 0 Å². The van der Waals surface area contributed by atoms with E-state index in [9.17, 15) is 0 Å². The summed E-state index contributed by atoms with van der Waals surface area (Å²) >= 11 is 0. The van der Waals surface area contributed by atoms with Gasteiger partial charge in [-0.15, -0.1) is 0 Å². The van der Waals surface area contributed by atoms with Gasteiger partial charge in [-0.2, -0.15) is 0 Å². The number of hydrogen-bond donors (Lipinski definition) is 1. The minimum absolute atomic E-state index is 0.204. The molecule has 1 aromatic heterocycles. The van der Waals surface area contributed by atoms with E-state index in [1.165, 1.54) is 22.3 Å². The normalized spacial score (nSPS) is 12.7. The zero-order valence-electron chi connectivity index (χ0n) is 12.1. The van der Waals surface area contributed by atoms with E-state index in [2.05, 4.69) is 61.4 Å². The molecule has 19 heavy (non-hydrogen) atoms. The van der Waals surface area contributed by atoms with Gasteiger partial charge in [0.05, 0.1) is 6.04 Å². The molecule has 0 saturated carbocycles. The molecule has 0 amide bonds. The summed E-state index contributed by atoms with van der Waals surface area (Å²) in [7, 11) is 1.99. The molecule has 0 spiro atoms. The lowest BCUT2D eigenvalue weighted by atomic mass is 9.94. The van der Waals surface area contributed by atoms with Gasteiger partial charge in [0.1, 0.15) is 0 Å². The standard InChI is InChI=1S/C17H22N2/c1-12(2)14-5-7-15(8-6-14)17(18-4)16-11-19-10-9-13(16)3/h5-12,17-18H,1-4H3. The van der Waals surface area contributed by atoms with Crippen molar-refractivity contribution in [1.29, 1.82) is 0 Å². The Balaban J connectivity index is 2.35. The van der Waals surface area contributed by atoms with Crippen LogP contribution in [0.15, 0.2) is 42.7 Å². The molecule has 0 aliphatic rings. The van der Waals surface area contributed by atoms with Crippen LogP contribution in [0.2, 0.25) is 0 Å². The fraction of sp³-hybridized carbons (Fsp3) is 0.353. The number of pyridine rings is 1. The van der Waals surface area contributed by atoms with E-state index >= 15 is 0 Å². The van der Waals surface area contributed by atoms with Crippen molar-refractivity contribution in [2.75, 3.05) is 7.05 Å². The first-order valence-corrected chi connectivity index (χ1v) is 6.81. The average molecular weight is 254 g/mol. The number of nitrogens with zero attached hydrogens (tertiary/aromatic N) is 1. The lowest BCUT2D eigenvalue weighted by molar-refractivity contribution is 0.683. The summed E-state index contributed by atoms with van der Waals surface area (Å²) in [4.78, 5) is 4.25. The van der Waals surface area contributed by atoms with E-state index in [0.29, 0.717) is 5.92 Å². The van der Waals surface area contributed by atoms with Crippen LogP contribution in [0, 0.1) is 6.92 Å².